The minimum absolute atomic E-state index is 0.315. The van der Waals surface area contributed by atoms with E-state index < -0.39 is 5.82 Å². The molecule has 176 valence electrons. The first kappa shape index (κ1) is 22.7. The highest BCUT2D eigenvalue weighted by molar-refractivity contribution is 5.78. The summed E-state index contributed by atoms with van der Waals surface area (Å²) in [5.41, 5.74) is 4.31. The zero-order chi connectivity index (χ0) is 24.0. The average Bonchev–Trinajstić information content (AvgIpc) is 3.29. The fraction of sp³-hybridized carbons (Fsp3) is 0.214. The van der Waals surface area contributed by atoms with Crippen molar-refractivity contribution in [2.24, 2.45) is 5.92 Å². The molecule has 0 aliphatic carbocycles. The first-order chi connectivity index (χ1) is 17.2. The molecule has 1 aromatic carbocycles. The lowest BCUT2D eigenvalue weighted by Crippen LogP contribution is -2.07. The summed E-state index contributed by atoms with van der Waals surface area (Å²) in [5, 5.41) is 7.87. The Kier molecular flexibility index (Phi) is 6.75. The van der Waals surface area contributed by atoms with E-state index >= 15 is 0 Å². The molecular formula is C28H27FN6. The number of aromatic nitrogens is 5. The van der Waals surface area contributed by atoms with Crippen molar-refractivity contribution in [1.82, 2.24) is 24.6 Å². The number of nitrogens with zero attached hydrogens (tertiary/aromatic N) is 5. The lowest BCUT2D eigenvalue weighted by molar-refractivity contribution is 0.509. The molecule has 1 atom stereocenters. The summed E-state index contributed by atoms with van der Waals surface area (Å²) in [6, 6.07) is 19.9. The molecule has 0 fully saturated rings. The van der Waals surface area contributed by atoms with Gasteiger partial charge in [0, 0.05) is 18.6 Å². The average molecular weight is 467 g/mol. The first-order valence-electron chi connectivity index (χ1n) is 11.9. The van der Waals surface area contributed by atoms with Crippen LogP contribution in [-0.2, 0) is 12.8 Å². The topological polar surface area (TPSA) is 68.0 Å². The van der Waals surface area contributed by atoms with E-state index in [-0.39, 0.29) is 0 Å². The van der Waals surface area contributed by atoms with Crippen LogP contribution in [0.1, 0.15) is 30.9 Å². The highest BCUT2D eigenvalue weighted by atomic mass is 19.1. The molecular weight excluding hydrogens is 439 g/mol. The number of rotatable bonds is 9. The lowest BCUT2D eigenvalue weighted by Gasteiger charge is -2.14. The van der Waals surface area contributed by atoms with Gasteiger partial charge >= 0.3 is 0 Å². The summed E-state index contributed by atoms with van der Waals surface area (Å²) in [5.74, 6) is 1.05. The third kappa shape index (κ3) is 5.35. The second-order valence-electron chi connectivity index (χ2n) is 8.80. The molecule has 0 aliphatic rings. The molecule has 4 heterocycles. The molecule has 5 aromatic rings. The highest BCUT2D eigenvalue weighted by Gasteiger charge is 2.17. The van der Waals surface area contributed by atoms with Crippen LogP contribution >= 0.6 is 0 Å². The maximum absolute atomic E-state index is 14.4. The monoisotopic (exact) mass is 466 g/mol. The number of fused-ring (bicyclic) bond motifs is 1. The number of aryl methyl sites for hydroxylation is 1. The molecule has 0 saturated carbocycles. The van der Waals surface area contributed by atoms with E-state index in [1.165, 1.54) is 11.8 Å². The van der Waals surface area contributed by atoms with Crippen molar-refractivity contribution in [1.29, 1.82) is 0 Å². The van der Waals surface area contributed by atoms with Crippen molar-refractivity contribution >= 4 is 17.0 Å². The Morgan fingerprint density at radius 1 is 1.00 bits per heavy atom. The van der Waals surface area contributed by atoms with Gasteiger partial charge < -0.3 is 5.32 Å². The lowest BCUT2D eigenvalue weighted by atomic mass is 9.95. The van der Waals surface area contributed by atoms with Crippen LogP contribution in [0, 0.1) is 11.7 Å². The summed E-state index contributed by atoms with van der Waals surface area (Å²) in [7, 11) is 0. The molecule has 7 heteroatoms. The van der Waals surface area contributed by atoms with Gasteiger partial charge in [0.15, 0.2) is 11.6 Å². The van der Waals surface area contributed by atoms with Gasteiger partial charge in [0.2, 0.25) is 5.82 Å². The summed E-state index contributed by atoms with van der Waals surface area (Å²) in [6.07, 6.45) is 10.6. The number of anilines is 2. The normalized spacial score (nSPS) is 12.1. The van der Waals surface area contributed by atoms with E-state index in [9.17, 15) is 4.39 Å². The van der Waals surface area contributed by atoms with Gasteiger partial charge in [0.25, 0.3) is 0 Å². The Bertz CT molecular complexity index is 1400. The molecule has 0 radical (unpaired) electrons. The maximum Gasteiger partial charge on any atom is 0.200 e. The molecule has 0 spiro atoms. The van der Waals surface area contributed by atoms with Gasteiger partial charge in [0.05, 0.1) is 11.9 Å². The number of halogens is 1. The van der Waals surface area contributed by atoms with E-state index in [0.29, 0.717) is 28.9 Å². The molecule has 35 heavy (non-hydrogen) atoms. The van der Waals surface area contributed by atoms with Gasteiger partial charge in [0.1, 0.15) is 11.2 Å². The Balaban J connectivity index is 1.43. The Morgan fingerprint density at radius 3 is 2.66 bits per heavy atom. The van der Waals surface area contributed by atoms with E-state index in [0.717, 1.165) is 36.8 Å². The summed E-state index contributed by atoms with van der Waals surface area (Å²) in [4.78, 5) is 13.0. The molecule has 0 bridgehead atoms. The van der Waals surface area contributed by atoms with Crippen molar-refractivity contribution in [3.8, 4) is 11.5 Å². The van der Waals surface area contributed by atoms with Crippen LogP contribution in [0.2, 0.25) is 0 Å². The summed E-state index contributed by atoms with van der Waals surface area (Å²) in [6.45, 7) is 2.27. The minimum Gasteiger partial charge on any atom is -0.336 e. The Labute approximate surface area is 203 Å². The van der Waals surface area contributed by atoms with E-state index in [1.807, 2.05) is 28.9 Å². The first-order valence-corrected chi connectivity index (χ1v) is 11.9. The van der Waals surface area contributed by atoms with E-state index in [2.05, 4.69) is 58.6 Å². The third-order valence-electron chi connectivity index (χ3n) is 6.09. The van der Waals surface area contributed by atoms with Gasteiger partial charge in [-0.2, -0.15) is 0 Å². The molecule has 0 aliphatic heterocycles. The molecule has 6 nitrogen and oxygen atoms in total. The molecule has 1 N–H and O–H groups in total. The quantitative estimate of drug-likeness (QED) is 0.277. The number of hydrogen-bond acceptors (Lipinski definition) is 5. The fourth-order valence-corrected chi connectivity index (χ4v) is 4.32. The van der Waals surface area contributed by atoms with Crippen LogP contribution in [0.3, 0.4) is 0 Å². The molecule has 1 unspecified atom stereocenters. The van der Waals surface area contributed by atoms with Crippen molar-refractivity contribution in [2.75, 3.05) is 5.32 Å². The number of hydrogen-bond donors (Lipinski definition) is 1. The standard InChI is InChI=1S/C28H27FN6/c1-20(8-7-11-21-9-3-2-4-10-21)18-22-14-17-35-26(22)28(32-24-13-16-30-19-23(24)29)33-27(34-35)25-12-5-6-15-31-25/h2-6,9-10,12-17,19-20H,7-8,11,18H2,1H3,(H,30,32,33,34). The van der Waals surface area contributed by atoms with Gasteiger partial charge in [-0.3, -0.25) is 9.97 Å². The maximum atomic E-state index is 14.4. The third-order valence-corrected chi connectivity index (χ3v) is 6.09. The smallest absolute Gasteiger partial charge is 0.200 e. The van der Waals surface area contributed by atoms with Crippen LogP contribution in [0.15, 0.2) is 85.5 Å². The van der Waals surface area contributed by atoms with Gasteiger partial charge in [-0.25, -0.2) is 13.9 Å². The van der Waals surface area contributed by atoms with Gasteiger partial charge in [-0.1, -0.05) is 49.7 Å². The minimum atomic E-state index is -0.439. The zero-order valence-corrected chi connectivity index (χ0v) is 19.6. The molecule has 5 rings (SSSR count). The van der Waals surface area contributed by atoms with Crippen LogP contribution in [0.25, 0.3) is 17.0 Å². The number of benzene rings is 1. The largest absolute Gasteiger partial charge is 0.336 e. The molecule has 0 amide bonds. The Morgan fingerprint density at radius 2 is 1.86 bits per heavy atom. The van der Waals surface area contributed by atoms with E-state index in [1.54, 1.807) is 18.5 Å². The fourth-order valence-electron chi connectivity index (χ4n) is 4.32. The highest BCUT2D eigenvalue weighted by Crippen LogP contribution is 2.29. The molecule has 0 saturated heterocycles. The predicted octanol–water partition coefficient (Wildman–Crippen LogP) is 6.27. The summed E-state index contributed by atoms with van der Waals surface area (Å²) < 4.78 is 16.2. The zero-order valence-electron chi connectivity index (χ0n) is 19.6. The number of nitrogens with one attached hydrogen (secondary N) is 1. The Hall–Kier alpha value is -4.13. The van der Waals surface area contributed by atoms with Gasteiger partial charge in [-0.05, 0) is 60.6 Å². The SMILES string of the molecule is CC(CCCc1ccccc1)Cc1ccn2nc(-c3ccccn3)nc(Nc3ccncc3F)c12. The van der Waals surface area contributed by atoms with E-state index in [4.69, 9.17) is 10.1 Å². The van der Waals surface area contributed by atoms with Crippen molar-refractivity contribution < 1.29 is 4.39 Å². The van der Waals surface area contributed by atoms with Crippen LogP contribution < -0.4 is 5.32 Å². The van der Waals surface area contributed by atoms with Crippen molar-refractivity contribution in [2.45, 2.75) is 32.6 Å². The predicted molar refractivity (Wildman–Crippen MR) is 136 cm³/mol. The van der Waals surface area contributed by atoms with Crippen LogP contribution in [-0.4, -0.2) is 24.6 Å². The second-order valence-corrected chi connectivity index (χ2v) is 8.80. The van der Waals surface area contributed by atoms with Crippen LogP contribution in [0.5, 0.6) is 0 Å². The molecule has 4 aromatic heterocycles. The van der Waals surface area contributed by atoms with Crippen molar-refractivity contribution in [3.05, 3.63) is 102 Å². The number of pyridine rings is 2. The van der Waals surface area contributed by atoms with Crippen molar-refractivity contribution in [3.63, 3.8) is 0 Å². The van der Waals surface area contributed by atoms with Gasteiger partial charge in [-0.15, -0.1) is 5.10 Å². The van der Waals surface area contributed by atoms with Crippen LogP contribution in [0.4, 0.5) is 15.9 Å². The summed E-state index contributed by atoms with van der Waals surface area (Å²) >= 11 is 0. The second kappa shape index (κ2) is 10.4.